The van der Waals surface area contributed by atoms with Gasteiger partial charge in [-0.15, -0.1) is 0 Å². The van der Waals surface area contributed by atoms with Gasteiger partial charge in [-0.1, -0.05) is 18.2 Å². The van der Waals surface area contributed by atoms with Crippen LogP contribution in [0.4, 0.5) is 0 Å². The van der Waals surface area contributed by atoms with Gasteiger partial charge >= 0.3 is 5.97 Å². The lowest BCUT2D eigenvalue weighted by Crippen LogP contribution is -2.26. The van der Waals surface area contributed by atoms with Gasteiger partial charge in [0.2, 0.25) is 0 Å². The number of carbonyl (C=O) groups is 1. The van der Waals surface area contributed by atoms with Crippen LogP contribution in [0, 0.1) is 5.92 Å². The summed E-state index contributed by atoms with van der Waals surface area (Å²) in [6.07, 6.45) is 0.282. The minimum atomic E-state index is -3.36. The number of nitrogens with two attached hydrogens (primary N) is 1. The van der Waals surface area contributed by atoms with E-state index in [-0.39, 0.29) is 23.6 Å². The average molecular weight is 269 g/mol. The number of hydrogen-bond acceptors (Lipinski definition) is 4. The highest BCUT2D eigenvalue weighted by atomic mass is 32.2. The lowest BCUT2D eigenvalue weighted by Gasteiger charge is -2.18. The molecule has 0 saturated carbocycles. The molecule has 0 aliphatic carbocycles. The Morgan fingerprint density at radius 1 is 1.44 bits per heavy atom. The third kappa shape index (κ3) is 2.13. The maximum atomic E-state index is 12.0. The predicted molar refractivity (Wildman–Crippen MR) is 66.0 cm³/mol. The number of fused-ring (bicyclic) bond motifs is 1. The van der Waals surface area contributed by atoms with E-state index in [0.717, 1.165) is 0 Å². The Kier molecular flexibility index (Phi) is 3.41. The molecule has 5 nitrogen and oxygen atoms in total. The summed E-state index contributed by atoms with van der Waals surface area (Å²) < 4.78 is 23.9. The molecule has 1 aromatic rings. The van der Waals surface area contributed by atoms with Gasteiger partial charge in [-0.05, 0) is 24.6 Å². The molecular formula is C12H15NO4S. The summed E-state index contributed by atoms with van der Waals surface area (Å²) in [6.45, 7) is 0.232. The van der Waals surface area contributed by atoms with Gasteiger partial charge in [0.15, 0.2) is 9.84 Å². The van der Waals surface area contributed by atoms with E-state index in [1.165, 1.54) is 6.07 Å². The van der Waals surface area contributed by atoms with E-state index in [0.29, 0.717) is 5.56 Å². The lowest BCUT2D eigenvalue weighted by molar-refractivity contribution is -0.142. The first-order valence-corrected chi connectivity index (χ1v) is 7.37. The van der Waals surface area contributed by atoms with Gasteiger partial charge in [-0.3, -0.25) is 4.79 Å². The Bertz CT molecular complexity index is 567. The molecule has 0 fully saturated rings. The van der Waals surface area contributed by atoms with E-state index in [2.05, 4.69) is 0 Å². The highest BCUT2D eigenvalue weighted by Crippen LogP contribution is 2.40. The second-order valence-electron chi connectivity index (χ2n) is 4.45. The molecule has 3 N–H and O–H groups in total. The average Bonchev–Trinajstić information content (AvgIpc) is 2.59. The Labute approximate surface area is 106 Å². The van der Waals surface area contributed by atoms with Crippen LogP contribution in [0.3, 0.4) is 0 Å². The van der Waals surface area contributed by atoms with Gasteiger partial charge in [0.05, 0.1) is 16.6 Å². The lowest BCUT2D eigenvalue weighted by atomic mass is 9.85. The summed E-state index contributed by atoms with van der Waals surface area (Å²) in [6, 6.07) is 6.61. The van der Waals surface area contributed by atoms with Crippen LogP contribution in [0.1, 0.15) is 17.9 Å². The van der Waals surface area contributed by atoms with Crippen molar-refractivity contribution in [3.05, 3.63) is 29.8 Å². The van der Waals surface area contributed by atoms with Gasteiger partial charge < -0.3 is 10.8 Å². The number of hydrogen-bond donors (Lipinski definition) is 2. The maximum absolute atomic E-state index is 12.0. The third-order valence-electron chi connectivity index (χ3n) is 3.33. The zero-order chi connectivity index (χ0) is 13.3. The molecule has 6 heteroatoms. The normalized spacial score (nSPS) is 22.4. The third-order valence-corrected chi connectivity index (χ3v) is 5.17. The first-order chi connectivity index (χ1) is 8.47. The molecule has 1 aliphatic rings. The molecule has 2 atom stereocenters. The monoisotopic (exact) mass is 269 g/mol. The molecular weight excluding hydrogens is 254 g/mol. The van der Waals surface area contributed by atoms with Crippen molar-refractivity contribution in [2.24, 2.45) is 11.7 Å². The molecule has 0 saturated heterocycles. The van der Waals surface area contributed by atoms with Crippen molar-refractivity contribution in [2.45, 2.75) is 17.2 Å². The van der Waals surface area contributed by atoms with Crippen LogP contribution in [0.2, 0.25) is 0 Å². The summed E-state index contributed by atoms with van der Waals surface area (Å²) in [5.41, 5.74) is 6.02. The van der Waals surface area contributed by atoms with Gasteiger partial charge in [0, 0.05) is 5.92 Å². The summed E-state index contributed by atoms with van der Waals surface area (Å²) in [4.78, 5) is 11.5. The molecule has 0 bridgehead atoms. The summed E-state index contributed by atoms with van der Waals surface area (Å²) >= 11 is 0. The van der Waals surface area contributed by atoms with Crippen LogP contribution in [-0.4, -0.2) is 31.8 Å². The van der Waals surface area contributed by atoms with Crippen LogP contribution >= 0.6 is 0 Å². The van der Waals surface area contributed by atoms with Crippen molar-refractivity contribution in [1.29, 1.82) is 0 Å². The zero-order valence-electron chi connectivity index (χ0n) is 9.74. The standard InChI is InChI=1S/C12H15NO4S/c13-6-5-9(12(14)15)10-7-18(16,17)11-4-2-1-3-8(10)11/h1-4,9-10H,5-7,13H2,(H,14,15). The Hall–Kier alpha value is -1.40. The summed E-state index contributed by atoms with van der Waals surface area (Å²) in [7, 11) is -3.36. The minimum Gasteiger partial charge on any atom is -0.481 e. The molecule has 0 amide bonds. The topological polar surface area (TPSA) is 97.5 Å². The van der Waals surface area contributed by atoms with Crippen molar-refractivity contribution in [3.8, 4) is 0 Å². The second-order valence-corrected chi connectivity index (χ2v) is 6.45. The van der Waals surface area contributed by atoms with E-state index >= 15 is 0 Å². The fourth-order valence-corrected chi connectivity index (χ4v) is 4.42. The number of carboxylic acid groups (broad SMARTS) is 1. The van der Waals surface area contributed by atoms with E-state index in [1.54, 1.807) is 18.2 Å². The molecule has 98 valence electrons. The zero-order valence-corrected chi connectivity index (χ0v) is 10.6. The van der Waals surface area contributed by atoms with E-state index in [4.69, 9.17) is 5.73 Å². The Morgan fingerprint density at radius 3 is 2.72 bits per heavy atom. The predicted octanol–water partition coefficient (Wildman–Crippen LogP) is 0.607. The van der Waals surface area contributed by atoms with Crippen molar-refractivity contribution in [2.75, 3.05) is 12.3 Å². The van der Waals surface area contributed by atoms with Crippen molar-refractivity contribution >= 4 is 15.8 Å². The van der Waals surface area contributed by atoms with Crippen molar-refractivity contribution in [3.63, 3.8) is 0 Å². The molecule has 18 heavy (non-hydrogen) atoms. The van der Waals surface area contributed by atoms with Crippen LogP contribution in [0.25, 0.3) is 0 Å². The molecule has 1 aliphatic heterocycles. The van der Waals surface area contributed by atoms with Gasteiger partial charge in [0.25, 0.3) is 0 Å². The van der Waals surface area contributed by atoms with Crippen LogP contribution in [0.15, 0.2) is 29.2 Å². The number of sulfone groups is 1. The first kappa shape index (κ1) is 13.0. The molecule has 0 radical (unpaired) electrons. The second kappa shape index (κ2) is 4.70. The van der Waals surface area contributed by atoms with Crippen molar-refractivity contribution in [1.82, 2.24) is 0 Å². The van der Waals surface area contributed by atoms with Gasteiger partial charge in [0.1, 0.15) is 0 Å². The largest absolute Gasteiger partial charge is 0.481 e. The quantitative estimate of drug-likeness (QED) is 0.834. The van der Waals surface area contributed by atoms with Crippen molar-refractivity contribution < 1.29 is 18.3 Å². The van der Waals surface area contributed by atoms with E-state index < -0.39 is 27.6 Å². The highest BCUT2D eigenvalue weighted by Gasteiger charge is 2.41. The van der Waals surface area contributed by atoms with E-state index in [1.807, 2.05) is 0 Å². The summed E-state index contributed by atoms with van der Waals surface area (Å²) in [5, 5.41) is 9.21. The molecule has 0 spiro atoms. The number of benzene rings is 1. The fourth-order valence-electron chi connectivity index (χ4n) is 2.50. The van der Waals surface area contributed by atoms with E-state index in [9.17, 15) is 18.3 Å². The fraction of sp³-hybridized carbons (Fsp3) is 0.417. The first-order valence-electron chi connectivity index (χ1n) is 5.72. The molecule has 1 aromatic carbocycles. The minimum absolute atomic E-state index is 0.136. The maximum Gasteiger partial charge on any atom is 0.307 e. The number of rotatable bonds is 4. The Morgan fingerprint density at radius 2 is 2.11 bits per heavy atom. The molecule has 2 rings (SSSR count). The SMILES string of the molecule is NCCC(C(=O)O)C1CS(=O)(=O)c2ccccc21. The Balaban J connectivity index is 2.46. The number of aliphatic carboxylic acids is 1. The van der Waals surface area contributed by atoms with Crippen LogP contribution in [-0.2, 0) is 14.6 Å². The molecule has 2 unspecified atom stereocenters. The van der Waals surface area contributed by atoms with Crippen LogP contribution in [0.5, 0.6) is 0 Å². The number of carboxylic acids is 1. The smallest absolute Gasteiger partial charge is 0.307 e. The van der Waals surface area contributed by atoms with Gasteiger partial charge in [-0.2, -0.15) is 0 Å². The summed E-state index contributed by atoms with van der Waals surface area (Å²) in [5.74, 6) is -2.36. The van der Waals surface area contributed by atoms with Crippen LogP contribution < -0.4 is 5.73 Å². The van der Waals surface area contributed by atoms with Gasteiger partial charge in [-0.25, -0.2) is 8.42 Å². The highest BCUT2D eigenvalue weighted by molar-refractivity contribution is 7.91. The molecule has 0 aromatic heterocycles. The molecule has 1 heterocycles.